The lowest BCUT2D eigenvalue weighted by Gasteiger charge is -2.07. The molecular formula is C13H12Br2N2O2. The monoisotopic (exact) mass is 386 g/mol. The van der Waals surface area contributed by atoms with E-state index in [1.54, 1.807) is 12.1 Å². The fraction of sp³-hybridized carbons (Fsp3) is 0.231. The molecule has 100 valence electrons. The zero-order chi connectivity index (χ0) is 14.6. The van der Waals surface area contributed by atoms with Crippen molar-refractivity contribution >= 4 is 43.8 Å². The lowest BCUT2D eigenvalue weighted by molar-refractivity contribution is -0.117. The minimum absolute atomic E-state index is 0.0122. The molecule has 0 fully saturated rings. The average Bonchev–Trinajstić information content (AvgIpc) is 2.31. The van der Waals surface area contributed by atoms with Gasteiger partial charge in [0.15, 0.2) is 0 Å². The molecule has 0 unspecified atom stereocenters. The van der Waals surface area contributed by atoms with Gasteiger partial charge in [0, 0.05) is 6.04 Å². The van der Waals surface area contributed by atoms with Crippen molar-refractivity contribution < 1.29 is 9.90 Å². The second kappa shape index (κ2) is 6.73. The molecule has 1 rings (SSSR count). The van der Waals surface area contributed by atoms with Gasteiger partial charge in [-0.05, 0) is 69.5 Å². The van der Waals surface area contributed by atoms with E-state index < -0.39 is 5.91 Å². The van der Waals surface area contributed by atoms with Crippen LogP contribution in [0, 0.1) is 11.3 Å². The number of halogens is 2. The first-order valence-corrected chi connectivity index (χ1v) is 7.04. The fourth-order valence-corrected chi connectivity index (χ4v) is 2.55. The van der Waals surface area contributed by atoms with Crippen LogP contribution in [0.5, 0.6) is 5.75 Å². The number of carbonyl (C=O) groups is 1. The molecule has 0 spiro atoms. The molecule has 0 aliphatic rings. The van der Waals surface area contributed by atoms with Crippen LogP contribution in [-0.4, -0.2) is 17.1 Å². The summed E-state index contributed by atoms with van der Waals surface area (Å²) >= 11 is 6.39. The van der Waals surface area contributed by atoms with Crippen LogP contribution in [0.15, 0.2) is 26.7 Å². The third-order valence-corrected chi connectivity index (χ3v) is 3.34. The largest absolute Gasteiger partial charge is 0.506 e. The van der Waals surface area contributed by atoms with Crippen molar-refractivity contribution in [1.82, 2.24) is 5.32 Å². The molecule has 4 nitrogen and oxygen atoms in total. The summed E-state index contributed by atoms with van der Waals surface area (Å²) < 4.78 is 0.962. The fourth-order valence-electron chi connectivity index (χ4n) is 1.32. The molecule has 1 aromatic rings. The lowest BCUT2D eigenvalue weighted by atomic mass is 10.1. The van der Waals surface area contributed by atoms with Gasteiger partial charge in [-0.1, -0.05) is 0 Å². The van der Waals surface area contributed by atoms with Crippen molar-refractivity contribution in [2.75, 3.05) is 0 Å². The number of nitrogens with zero attached hydrogens (tertiary/aromatic N) is 1. The molecule has 1 aromatic carbocycles. The second-order valence-corrected chi connectivity index (χ2v) is 5.84. The van der Waals surface area contributed by atoms with E-state index in [9.17, 15) is 9.90 Å². The second-order valence-electron chi connectivity index (χ2n) is 4.13. The van der Waals surface area contributed by atoms with Gasteiger partial charge in [0.1, 0.15) is 17.4 Å². The van der Waals surface area contributed by atoms with Gasteiger partial charge in [-0.2, -0.15) is 5.26 Å². The quantitative estimate of drug-likeness (QED) is 0.616. The highest BCUT2D eigenvalue weighted by Gasteiger charge is 2.11. The standard InChI is InChI=1S/C13H12Br2N2O2/c1-7(2)17-13(19)9(6-16)3-8-4-10(14)12(18)11(15)5-8/h3-5,7,18H,1-2H3,(H,17,19)/b9-3+. The van der Waals surface area contributed by atoms with Crippen LogP contribution in [0.25, 0.3) is 6.08 Å². The van der Waals surface area contributed by atoms with Crippen molar-refractivity contribution in [3.05, 3.63) is 32.2 Å². The van der Waals surface area contributed by atoms with Crippen LogP contribution in [0.3, 0.4) is 0 Å². The Hall–Kier alpha value is -1.32. The molecule has 0 heterocycles. The van der Waals surface area contributed by atoms with Gasteiger partial charge in [0.2, 0.25) is 0 Å². The molecule has 0 saturated carbocycles. The van der Waals surface area contributed by atoms with Crippen molar-refractivity contribution in [2.24, 2.45) is 0 Å². The number of hydrogen-bond acceptors (Lipinski definition) is 3. The SMILES string of the molecule is CC(C)NC(=O)/C(C#N)=C/c1cc(Br)c(O)c(Br)c1. The molecular weight excluding hydrogens is 376 g/mol. The number of nitrogens with one attached hydrogen (secondary N) is 1. The van der Waals surface area contributed by atoms with E-state index in [1.165, 1.54) is 6.08 Å². The number of phenols is 1. The average molecular weight is 388 g/mol. The highest BCUT2D eigenvalue weighted by atomic mass is 79.9. The molecule has 2 N–H and O–H groups in total. The Kier molecular flexibility index (Phi) is 5.58. The number of phenolic OH excluding ortho intramolecular Hbond substituents is 1. The first-order valence-electron chi connectivity index (χ1n) is 5.45. The van der Waals surface area contributed by atoms with Gasteiger partial charge in [-0.15, -0.1) is 0 Å². The molecule has 0 atom stereocenters. The highest BCUT2D eigenvalue weighted by Crippen LogP contribution is 2.33. The minimum Gasteiger partial charge on any atom is -0.506 e. The first kappa shape index (κ1) is 15.7. The molecule has 0 bridgehead atoms. The maximum atomic E-state index is 11.8. The summed E-state index contributed by atoms with van der Waals surface area (Å²) in [5, 5.41) is 21.3. The summed E-state index contributed by atoms with van der Waals surface area (Å²) in [5.74, 6) is -0.347. The number of hydrogen-bond donors (Lipinski definition) is 2. The predicted octanol–water partition coefficient (Wildman–Crippen LogP) is 3.35. The summed E-state index contributed by atoms with van der Waals surface area (Å²) in [6.07, 6.45) is 1.46. The maximum absolute atomic E-state index is 11.8. The zero-order valence-corrected chi connectivity index (χ0v) is 13.5. The Morgan fingerprint density at radius 2 is 1.95 bits per heavy atom. The van der Waals surface area contributed by atoms with E-state index in [0.717, 1.165) is 0 Å². The Bertz CT molecular complexity index is 551. The minimum atomic E-state index is -0.419. The molecule has 0 aliphatic carbocycles. The van der Waals surface area contributed by atoms with Gasteiger partial charge < -0.3 is 10.4 Å². The number of nitriles is 1. The van der Waals surface area contributed by atoms with Gasteiger partial charge in [0.05, 0.1) is 8.95 Å². The zero-order valence-electron chi connectivity index (χ0n) is 10.4. The Morgan fingerprint density at radius 3 is 2.37 bits per heavy atom. The number of benzene rings is 1. The van der Waals surface area contributed by atoms with E-state index in [2.05, 4.69) is 37.2 Å². The van der Waals surface area contributed by atoms with Gasteiger partial charge in [0.25, 0.3) is 5.91 Å². The van der Waals surface area contributed by atoms with Crippen molar-refractivity contribution in [1.29, 1.82) is 5.26 Å². The highest BCUT2D eigenvalue weighted by molar-refractivity contribution is 9.11. The molecule has 0 aromatic heterocycles. The Morgan fingerprint density at radius 1 is 1.42 bits per heavy atom. The van der Waals surface area contributed by atoms with Crippen LogP contribution in [0.1, 0.15) is 19.4 Å². The summed E-state index contributed by atoms with van der Waals surface area (Å²) in [6.45, 7) is 3.64. The maximum Gasteiger partial charge on any atom is 0.262 e. The van der Waals surface area contributed by atoms with Crippen LogP contribution in [-0.2, 0) is 4.79 Å². The van der Waals surface area contributed by atoms with Crippen LogP contribution < -0.4 is 5.32 Å². The number of carbonyl (C=O) groups excluding carboxylic acids is 1. The van der Waals surface area contributed by atoms with Crippen molar-refractivity contribution in [3.8, 4) is 11.8 Å². The topological polar surface area (TPSA) is 73.1 Å². The van der Waals surface area contributed by atoms with E-state index in [1.807, 2.05) is 19.9 Å². The summed E-state index contributed by atoms with van der Waals surface area (Å²) in [7, 11) is 0. The molecule has 0 saturated heterocycles. The third-order valence-electron chi connectivity index (χ3n) is 2.14. The first-order chi connectivity index (χ1) is 8.85. The Labute approximate surface area is 128 Å². The smallest absolute Gasteiger partial charge is 0.262 e. The van der Waals surface area contributed by atoms with Crippen LogP contribution >= 0.6 is 31.9 Å². The molecule has 6 heteroatoms. The van der Waals surface area contributed by atoms with E-state index >= 15 is 0 Å². The summed E-state index contributed by atoms with van der Waals surface area (Å²) in [4.78, 5) is 11.8. The Balaban J connectivity index is 3.12. The normalized spacial score (nSPS) is 11.3. The molecule has 19 heavy (non-hydrogen) atoms. The molecule has 1 amide bonds. The third kappa shape index (κ3) is 4.37. The predicted molar refractivity (Wildman–Crippen MR) is 80.4 cm³/mol. The summed E-state index contributed by atoms with van der Waals surface area (Å²) in [5.41, 5.74) is 0.644. The summed E-state index contributed by atoms with van der Waals surface area (Å²) in [6, 6.07) is 5.08. The molecule has 0 radical (unpaired) electrons. The number of aromatic hydroxyl groups is 1. The van der Waals surface area contributed by atoms with Gasteiger partial charge in [-0.25, -0.2) is 0 Å². The molecule has 0 aliphatic heterocycles. The van der Waals surface area contributed by atoms with Crippen LogP contribution in [0.4, 0.5) is 0 Å². The van der Waals surface area contributed by atoms with E-state index in [0.29, 0.717) is 14.5 Å². The van der Waals surface area contributed by atoms with E-state index in [4.69, 9.17) is 5.26 Å². The van der Waals surface area contributed by atoms with Crippen LogP contribution in [0.2, 0.25) is 0 Å². The van der Waals surface area contributed by atoms with Crippen molar-refractivity contribution in [2.45, 2.75) is 19.9 Å². The van der Waals surface area contributed by atoms with Crippen molar-refractivity contribution in [3.63, 3.8) is 0 Å². The van der Waals surface area contributed by atoms with Gasteiger partial charge >= 0.3 is 0 Å². The number of rotatable bonds is 3. The van der Waals surface area contributed by atoms with E-state index in [-0.39, 0.29) is 17.4 Å². The van der Waals surface area contributed by atoms with Gasteiger partial charge in [-0.3, -0.25) is 4.79 Å². The lowest BCUT2D eigenvalue weighted by Crippen LogP contribution is -2.30. The number of amides is 1.